The molecular weight excluding hydrogens is 182 g/mol. The molecule has 0 saturated carbocycles. The van der Waals surface area contributed by atoms with Gasteiger partial charge in [-0.1, -0.05) is 0 Å². The molecule has 0 bridgehead atoms. The Morgan fingerprint density at radius 2 is 1.77 bits per heavy atom. The van der Waals surface area contributed by atoms with E-state index in [1.54, 1.807) is 0 Å². The van der Waals surface area contributed by atoms with Crippen molar-refractivity contribution in [1.29, 1.82) is 0 Å². The highest BCUT2D eigenvalue weighted by Crippen LogP contribution is 2.20. The minimum Gasteiger partial charge on any atom is -0.394 e. The van der Waals surface area contributed by atoms with E-state index in [-0.39, 0.29) is 0 Å². The van der Waals surface area contributed by atoms with Gasteiger partial charge in [-0.3, -0.25) is 0 Å². The molecule has 1 rings (SSSR count). The summed E-state index contributed by atoms with van der Waals surface area (Å²) in [5, 5.41) is 36.6. The van der Waals surface area contributed by atoms with Crippen LogP contribution in [0.5, 0.6) is 0 Å². The number of aliphatic hydroxyl groups excluding tert-OH is 4. The quantitative estimate of drug-likeness (QED) is 0.387. The fourth-order valence-corrected chi connectivity index (χ4v) is 1.26. The first kappa shape index (κ1) is 10.8. The summed E-state index contributed by atoms with van der Waals surface area (Å²) in [6.45, 7) is -0.440. The van der Waals surface area contributed by atoms with Crippen LogP contribution in [0, 0.1) is 0 Å². The van der Waals surface area contributed by atoms with Gasteiger partial charge in [0, 0.05) is 7.11 Å². The molecule has 0 aliphatic carbocycles. The third-order valence-corrected chi connectivity index (χ3v) is 2.08. The molecule has 78 valence electrons. The number of ether oxygens (including phenoxy) is 2. The maximum atomic E-state index is 9.28. The Bertz CT molecular complexity index is 143. The Balaban J connectivity index is 2.66. The van der Waals surface area contributed by atoms with Crippen LogP contribution >= 0.6 is 0 Å². The minimum absolute atomic E-state index is 0.440. The normalized spacial score (nSPS) is 46.4. The Hall–Kier alpha value is -0.240. The second kappa shape index (κ2) is 4.32. The maximum absolute atomic E-state index is 9.28. The van der Waals surface area contributed by atoms with Crippen LogP contribution in [0.15, 0.2) is 0 Å². The van der Waals surface area contributed by atoms with Gasteiger partial charge in [-0.05, 0) is 0 Å². The van der Waals surface area contributed by atoms with Crippen LogP contribution in [0.4, 0.5) is 0 Å². The zero-order valence-electron chi connectivity index (χ0n) is 7.20. The van der Waals surface area contributed by atoms with Crippen molar-refractivity contribution in [2.24, 2.45) is 0 Å². The lowest BCUT2D eigenvalue weighted by molar-refractivity contribution is -0.294. The highest BCUT2D eigenvalue weighted by atomic mass is 16.8. The summed E-state index contributed by atoms with van der Waals surface area (Å²) in [4.78, 5) is 0. The molecule has 1 aliphatic heterocycles. The van der Waals surface area contributed by atoms with Crippen molar-refractivity contribution >= 4 is 0 Å². The van der Waals surface area contributed by atoms with Crippen LogP contribution in [-0.4, -0.2) is 64.8 Å². The monoisotopic (exact) mass is 196 g/mol. The standard InChI is InChI=1S/C7H14O6/c1-12-7-6(11)5(10)4(9)3(2-8)13-7/h3-11H,2H2,1H3/t3-,4-,5+,6-,7+/m1/s1/i1+2. The van der Waals surface area contributed by atoms with E-state index in [1.807, 2.05) is 0 Å². The lowest BCUT2D eigenvalue weighted by Gasteiger charge is -2.38. The topological polar surface area (TPSA) is 99.4 Å². The molecule has 5 atom stereocenters. The van der Waals surface area contributed by atoms with Gasteiger partial charge in [0.25, 0.3) is 0 Å². The van der Waals surface area contributed by atoms with Gasteiger partial charge in [-0.2, -0.15) is 0 Å². The van der Waals surface area contributed by atoms with Crippen molar-refractivity contribution in [2.45, 2.75) is 30.7 Å². The maximum Gasteiger partial charge on any atom is 0.186 e. The average molecular weight is 196 g/mol. The highest BCUT2D eigenvalue weighted by Gasteiger charge is 2.43. The average Bonchev–Trinajstić information content (AvgIpc) is 2.15. The molecule has 1 saturated heterocycles. The van der Waals surface area contributed by atoms with Crippen molar-refractivity contribution in [1.82, 2.24) is 0 Å². The molecule has 0 radical (unpaired) electrons. The molecule has 0 aromatic carbocycles. The van der Waals surface area contributed by atoms with Gasteiger partial charge in [0.15, 0.2) is 6.29 Å². The molecule has 1 heterocycles. The van der Waals surface area contributed by atoms with Crippen molar-refractivity contribution in [3.8, 4) is 0 Å². The van der Waals surface area contributed by atoms with Crippen molar-refractivity contribution in [2.75, 3.05) is 13.7 Å². The molecular formula is C7H14O6. The predicted molar refractivity (Wildman–Crippen MR) is 40.8 cm³/mol. The molecule has 0 amide bonds. The molecule has 4 N–H and O–H groups in total. The summed E-state index contributed by atoms with van der Waals surface area (Å²) in [5.41, 5.74) is 0. The van der Waals surface area contributed by atoms with Crippen LogP contribution in [0.3, 0.4) is 0 Å². The number of hydrogen-bond acceptors (Lipinski definition) is 6. The van der Waals surface area contributed by atoms with Crippen molar-refractivity contribution in [3.05, 3.63) is 0 Å². The minimum atomic E-state index is -1.36. The zero-order chi connectivity index (χ0) is 10.0. The molecule has 1 aliphatic rings. The Morgan fingerprint density at radius 3 is 2.23 bits per heavy atom. The fourth-order valence-electron chi connectivity index (χ4n) is 1.26. The molecule has 1 fully saturated rings. The van der Waals surface area contributed by atoms with E-state index in [0.29, 0.717) is 0 Å². The third kappa shape index (κ3) is 1.98. The Morgan fingerprint density at radius 1 is 1.15 bits per heavy atom. The summed E-state index contributed by atoms with van der Waals surface area (Å²) < 4.78 is 9.65. The highest BCUT2D eigenvalue weighted by molar-refractivity contribution is 4.88. The molecule has 6 heteroatoms. The van der Waals surface area contributed by atoms with E-state index < -0.39 is 37.3 Å². The van der Waals surface area contributed by atoms with Gasteiger partial charge in [-0.25, -0.2) is 0 Å². The van der Waals surface area contributed by atoms with E-state index in [0.717, 1.165) is 0 Å². The summed E-state index contributed by atoms with van der Waals surface area (Å²) in [5.74, 6) is 0. The van der Waals surface area contributed by atoms with E-state index in [4.69, 9.17) is 14.6 Å². The van der Waals surface area contributed by atoms with Crippen molar-refractivity contribution < 1.29 is 29.9 Å². The number of aliphatic hydroxyl groups is 4. The largest absolute Gasteiger partial charge is 0.394 e. The van der Waals surface area contributed by atoms with Gasteiger partial charge >= 0.3 is 0 Å². The summed E-state index contributed by atoms with van der Waals surface area (Å²) in [6, 6.07) is 0. The van der Waals surface area contributed by atoms with E-state index >= 15 is 0 Å². The van der Waals surface area contributed by atoms with E-state index in [2.05, 4.69) is 0 Å². The van der Waals surface area contributed by atoms with Gasteiger partial charge in [0.05, 0.1) is 6.61 Å². The summed E-state index contributed by atoms with van der Waals surface area (Å²) in [7, 11) is 1.30. The van der Waals surface area contributed by atoms with Crippen LogP contribution in [-0.2, 0) is 9.47 Å². The van der Waals surface area contributed by atoms with Crippen LogP contribution in [0.1, 0.15) is 0 Å². The number of rotatable bonds is 2. The second-order valence-corrected chi connectivity index (χ2v) is 2.93. The smallest absolute Gasteiger partial charge is 0.186 e. The lowest BCUT2D eigenvalue weighted by Crippen LogP contribution is -2.58. The predicted octanol–water partition coefficient (Wildman–Crippen LogP) is -2.57. The molecule has 13 heavy (non-hydrogen) atoms. The SMILES string of the molecule is [14CH3]O[C@H]1O[C@H](CO)[C@@H](O)[C@H](O)[C@H]1O. The molecule has 0 spiro atoms. The second-order valence-electron chi connectivity index (χ2n) is 2.93. The Labute approximate surface area is 75.3 Å². The van der Waals surface area contributed by atoms with Gasteiger partial charge in [0.1, 0.15) is 24.4 Å². The van der Waals surface area contributed by atoms with Gasteiger partial charge < -0.3 is 29.9 Å². The number of hydrogen-bond donors (Lipinski definition) is 4. The van der Waals surface area contributed by atoms with Crippen LogP contribution in [0.2, 0.25) is 0 Å². The fraction of sp³-hybridized carbons (Fsp3) is 1.00. The number of methoxy groups -OCH3 is 1. The lowest BCUT2D eigenvalue weighted by atomic mass is 9.99. The van der Waals surface area contributed by atoms with Crippen LogP contribution in [0.25, 0.3) is 0 Å². The van der Waals surface area contributed by atoms with E-state index in [1.165, 1.54) is 7.11 Å². The Kier molecular flexibility index (Phi) is 3.60. The molecule has 0 unspecified atom stereocenters. The first-order chi connectivity index (χ1) is 6.11. The van der Waals surface area contributed by atoms with Gasteiger partial charge in [-0.15, -0.1) is 0 Å². The van der Waals surface area contributed by atoms with Crippen molar-refractivity contribution in [3.63, 3.8) is 0 Å². The van der Waals surface area contributed by atoms with Crippen LogP contribution < -0.4 is 0 Å². The molecule has 6 nitrogen and oxygen atoms in total. The zero-order valence-corrected chi connectivity index (χ0v) is 7.20. The molecule has 0 aromatic rings. The summed E-state index contributed by atoms with van der Waals surface area (Å²) in [6.07, 6.45) is -5.91. The first-order valence-corrected chi connectivity index (χ1v) is 3.95. The van der Waals surface area contributed by atoms with E-state index in [9.17, 15) is 15.3 Å². The summed E-state index contributed by atoms with van der Waals surface area (Å²) >= 11 is 0. The third-order valence-electron chi connectivity index (χ3n) is 2.08. The first-order valence-electron chi connectivity index (χ1n) is 3.95. The molecule has 0 aromatic heterocycles. The van der Waals surface area contributed by atoms with Gasteiger partial charge in [0.2, 0.25) is 0 Å².